The largest absolute Gasteiger partial charge is 0.465 e. The van der Waals surface area contributed by atoms with Crippen molar-refractivity contribution in [3.8, 4) is 0 Å². The van der Waals surface area contributed by atoms with Gasteiger partial charge in [0.15, 0.2) is 0 Å². The molecular weight excluding hydrogens is 364 g/mol. The highest BCUT2D eigenvalue weighted by Crippen LogP contribution is 2.26. The van der Waals surface area contributed by atoms with E-state index in [2.05, 4.69) is 39.7 Å². The van der Waals surface area contributed by atoms with Crippen LogP contribution in [0.1, 0.15) is 22.8 Å². The van der Waals surface area contributed by atoms with Crippen molar-refractivity contribution in [2.45, 2.75) is 13.3 Å². The molecule has 0 unspecified atom stereocenters. The zero-order valence-electron chi connectivity index (χ0n) is 15.0. The molecule has 0 aliphatic heterocycles. The molecule has 0 atom stereocenters. The summed E-state index contributed by atoms with van der Waals surface area (Å²) in [5.41, 5.74) is 3.11. The zero-order chi connectivity index (χ0) is 19.2. The van der Waals surface area contributed by atoms with Crippen molar-refractivity contribution < 1.29 is 9.53 Å². The molecule has 138 valence electrons. The summed E-state index contributed by atoms with van der Waals surface area (Å²) in [4.78, 5) is 20.4. The number of hydrogen-bond acceptors (Lipinski definition) is 6. The minimum absolute atomic E-state index is 0.396. The quantitative estimate of drug-likeness (QED) is 0.586. The van der Waals surface area contributed by atoms with Crippen molar-refractivity contribution in [3.05, 3.63) is 70.9 Å². The van der Waals surface area contributed by atoms with Crippen LogP contribution in [0.3, 0.4) is 0 Å². The molecule has 0 saturated heterocycles. The Morgan fingerprint density at radius 3 is 2.59 bits per heavy atom. The van der Waals surface area contributed by atoms with E-state index in [0.29, 0.717) is 28.0 Å². The maximum atomic E-state index is 11.7. The van der Waals surface area contributed by atoms with Gasteiger partial charge in [0.25, 0.3) is 0 Å². The summed E-state index contributed by atoms with van der Waals surface area (Å²) in [7, 11) is 1.33. The Morgan fingerprint density at radius 2 is 1.89 bits per heavy atom. The number of rotatable bonds is 6. The normalized spacial score (nSPS) is 10.3. The number of hydrogen-bond donors (Lipinski definition) is 2. The number of methoxy groups -OCH3 is 1. The van der Waals surface area contributed by atoms with Gasteiger partial charge in [-0.25, -0.2) is 9.78 Å². The Hall–Kier alpha value is -3.12. The molecule has 0 saturated carbocycles. The lowest BCUT2D eigenvalue weighted by Gasteiger charge is -2.11. The van der Waals surface area contributed by atoms with Gasteiger partial charge >= 0.3 is 5.97 Å². The van der Waals surface area contributed by atoms with Crippen molar-refractivity contribution in [1.82, 2.24) is 9.97 Å². The van der Waals surface area contributed by atoms with Crippen LogP contribution in [-0.2, 0) is 11.2 Å². The summed E-state index contributed by atoms with van der Waals surface area (Å²) in [6, 6.07) is 14.7. The van der Waals surface area contributed by atoms with Crippen molar-refractivity contribution >= 4 is 40.7 Å². The number of carbonyl (C=O) groups excluding carboxylic acids is 1. The standard InChI is InChI=1S/C20H19ClN4O2/c1-3-13-4-7-15(8-5-13)23-20-22-11-10-18(25-20)24-17-12-14(19(26)27-2)6-9-16(17)21/h4-12H,3H2,1-2H3,(H2,22,23,24,25). The Labute approximate surface area is 162 Å². The summed E-state index contributed by atoms with van der Waals surface area (Å²) >= 11 is 6.22. The van der Waals surface area contributed by atoms with Gasteiger partial charge in [-0.15, -0.1) is 0 Å². The SMILES string of the molecule is CCc1ccc(Nc2nccc(Nc3cc(C(=O)OC)ccc3Cl)n2)cc1. The number of aryl methyl sites for hydroxylation is 1. The molecule has 1 heterocycles. The molecule has 6 nitrogen and oxygen atoms in total. The molecule has 3 aromatic rings. The molecular formula is C20H19ClN4O2. The number of nitrogens with zero attached hydrogens (tertiary/aromatic N) is 2. The first-order valence-electron chi connectivity index (χ1n) is 8.43. The molecule has 1 aromatic heterocycles. The Morgan fingerprint density at radius 1 is 1.11 bits per heavy atom. The molecule has 27 heavy (non-hydrogen) atoms. The predicted molar refractivity (Wildman–Crippen MR) is 107 cm³/mol. The van der Waals surface area contributed by atoms with Gasteiger partial charge in [-0.2, -0.15) is 4.98 Å². The van der Waals surface area contributed by atoms with E-state index < -0.39 is 5.97 Å². The van der Waals surface area contributed by atoms with E-state index in [9.17, 15) is 4.79 Å². The molecule has 2 N–H and O–H groups in total. The lowest BCUT2D eigenvalue weighted by Crippen LogP contribution is -2.04. The summed E-state index contributed by atoms with van der Waals surface area (Å²) in [5, 5.41) is 6.73. The predicted octanol–water partition coefficient (Wildman–Crippen LogP) is 4.97. The van der Waals surface area contributed by atoms with E-state index >= 15 is 0 Å². The molecule has 0 bridgehead atoms. The van der Waals surface area contributed by atoms with E-state index in [-0.39, 0.29) is 0 Å². The van der Waals surface area contributed by atoms with Crippen molar-refractivity contribution in [2.24, 2.45) is 0 Å². The fourth-order valence-corrected chi connectivity index (χ4v) is 2.61. The second-order valence-corrected chi connectivity index (χ2v) is 6.16. The van der Waals surface area contributed by atoms with E-state index in [1.54, 1.807) is 30.5 Å². The van der Waals surface area contributed by atoms with Gasteiger partial charge in [0.1, 0.15) is 5.82 Å². The number of ether oxygens (including phenoxy) is 1. The minimum atomic E-state index is -0.435. The van der Waals surface area contributed by atoms with Crippen LogP contribution in [-0.4, -0.2) is 23.0 Å². The second-order valence-electron chi connectivity index (χ2n) is 5.75. The Balaban J connectivity index is 1.78. The molecule has 0 fully saturated rings. The molecule has 0 aliphatic rings. The minimum Gasteiger partial charge on any atom is -0.465 e. The van der Waals surface area contributed by atoms with Gasteiger partial charge in [-0.05, 0) is 48.4 Å². The van der Waals surface area contributed by atoms with Gasteiger partial charge in [0, 0.05) is 11.9 Å². The summed E-state index contributed by atoms with van der Waals surface area (Å²) < 4.78 is 4.74. The first kappa shape index (κ1) is 18.7. The second kappa shape index (κ2) is 8.51. The molecule has 7 heteroatoms. The van der Waals surface area contributed by atoms with Crippen LogP contribution in [0.2, 0.25) is 5.02 Å². The maximum Gasteiger partial charge on any atom is 0.337 e. The number of carbonyl (C=O) groups is 1. The molecule has 0 amide bonds. The lowest BCUT2D eigenvalue weighted by atomic mass is 10.1. The van der Waals surface area contributed by atoms with Crippen LogP contribution in [0, 0.1) is 0 Å². The van der Waals surface area contributed by atoms with Crippen LogP contribution in [0.4, 0.5) is 23.1 Å². The third-order valence-electron chi connectivity index (χ3n) is 3.92. The molecule has 3 rings (SSSR count). The number of nitrogens with one attached hydrogen (secondary N) is 2. The Bertz CT molecular complexity index is 945. The van der Waals surface area contributed by atoms with Crippen molar-refractivity contribution in [2.75, 3.05) is 17.7 Å². The third kappa shape index (κ3) is 4.74. The first-order chi connectivity index (χ1) is 13.1. The molecule has 0 radical (unpaired) electrons. The maximum absolute atomic E-state index is 11.7. The number of esters is 1. The van der Waals surface area contributed by atoms with Crippen LogP contribution in [0.15, 0.2) is 54.7 Å². The Kier molecular flexibility index (Phi) is 5.88. The molecule has 2 aromatic carbocycles. The highest BCUT2D eigenvalue weighted by atomic mass is 35.5. The van der Waals surface area contributed by atoms with Crippen LogP contribution < -0.4 is 10.6 Å². The highest BCUT2D eigenvalue weighted by Gasteiger charge is 2.10. The van der Waals surface area contributed by atoms with Gasteiger partial charge in [0.05, 0.1) is 23.4 Å². The highest BCUT2D eigenvalue weighted by molar-refractivity contribution is 6.33. The number of anilines is 4. The molecule has 0 spiro atoms. The van der Waals surface area contributed by atoms with E-state index in [0.717, 1.165) is 12.1 Å². The van der Waals surface area contributed by atoms with Crippen molar-refractivity contribution in [1.29, 1.82) is 0 Å². The van der Waals surface area contributed by atoms with Crippen LogP contribution in [0.5, 0.6) is 0 Å². The number of benzene rings is 2. The zero-order valence-corrected chi connectivity index (χ0v) is 15.7. The first-order valence-corrected chi connectivity index (χ1v) is 8.80. The van der Waals surface area contributed by atoms with Gasteiger partial charge < -0.3 is 15.4 Å². The van der Waals surface area contributed by atoms with E-state index in [1.165, 1.54) is 12.7 Å². The fraction of sp³-hybridized carbons (Fsp3) is 0.150. The average molecular weight is 383 g/mol. The van der Waals surface area contributed by atoms with Gasteiger partial charge in [0.2, 0.25) is 5.95 Å². The van der Waals surface area contributed by atoms with Crippen LogP contribution >= 0.6 is 11.6 Å². The third-order valence-corrected chi connectivity index (χ3v) is 4.25. The monoisotopic (exact) mass is 382 g/mol. The van der Waals surface area contributed by atoms with E-state index in [1.807, 2.05) is 12.1 Å². The summed E-state index contributed by atoms with van der Waals surface area (Å²) in [6.45, 7) is 2.11. The smallest absolute Gasteiger partial charge is 0.337 e. The lowest BCUT2D eigenvalue weighted by molar-refractivity contribution is 0.0601. The van der Waals surface area contributed by atoms with E-state index in [4.69, 9.17) is 16.3 Å². The number of aromatic nitrogens is 2. The molecule has 0 aliphatic carbocycles. The fourth-order valence-electron chi connectivity index (χ4n) is 2.45. The van der Waals surface area contributed by atoms with Gasteiger partial charge in [-0.1, -0.05) is 30.7 Å². The average Bonchev–Trinajstić information content (AvgIpc) is 2.70. The summed E-state index contributed by atoms with van der Waals surface area (Å²) in [6.07, 6.45) is 2.62. The number of halogens is 1. The van der Waals surface area contributed by atoms with Gasteiger partial charge in [-0.3, -0.25) is 0 Å². The van der Waals surface area contributed by atoms with Crippen molar-refractivity contribution in [3.63, 3.8) is 0 Å². The van der Waals surface area contributed by atoms with Crippen LogP contribution in [0.25, 0.3) is 0 Å². The summed E-state index contributed by atoms with van der Waals surface area (Å²) in [5.74, 6) is 0.557. The topological polar surface area (TPSA) is 76.1 Å².